The molecule has 6 heteroatoms. The van der Waals surface area contributed by atoms with Crippen molar-refractivity contribution in [3.63, 3.8) is 0 Å². The van der Waals surface area contributed by atoms with E-state index in [-0.39, 0.29) is 5.91 Å². The summed E-state index contributed by atoms with van der Waals surface area (Å²) in [6, 6.07) is 15.2. The van der Waals surface area contributed by atoms with E-state index in [1.54, 1.807) is 21.8 Å². The first-order chi connectivity index (χ1) is 12.2. The largest absolute Gasteiger partial charge is 0.487 e. The van der Waals surface area contributed by atoms with Crippen LogP contribution in [0, 0.1) is 6.92 Å². The lowest BCUT2D eigenvalue weighted by molar-refractivity contribution is 0.0961. The molecule has 0 bridgehead atoms. The van der Waals surface area contributed by atoms with Gasteiger partial charge in [0.05, 0.1) is 6.54 Å². The van der Waals surface area contributed by atoms with Crippen LogP contribution in [0.1, 0.15) is 21.7 Å². The van der Waals surface area contributed by atoms with Crippen LogP contribution in [0.4, 0.5) is 5.82 Å². The SMILES string of the molecule is Cc1cccnc1N1CCn2nc(COc3ccccc3)cc2C1=O. The Morgan fingerprint density at radius 3 is 2.76 bits per heavy atom. The Kier molecular flexibility index (Phi) is 3.93. The van der Waals surface area contributed by atoms with Crippen molar-refractivity contribution in [2.24, 2.45) is 0 Å². The van der Waals surface area contributed by atoms with Crippen LogP contribution < -0.4 is 9.64 Å². The molecule has 0 unspecified atom stereocenters. The quantitative estimate of drug-likeness (QED) is 0.736. The van der Waals surface area contributed by atoms with Crippen LogP contribution in [0.5, 0.6) is 5.75 Å². The van der Waals surface area contributed by atoms with E-state index in [0.717, 1.165) is 17.0 Å². The standard InChI is InChI=1S/C19H18N4O2/c1-14-6-5-9-20-18(14)22-10-11-23-17(19(22)24)12-15(21-23)13-25-16-7-3-2-4-8-16/h2-9,12H,10-11,13H2,1H3. The summed E-state index contributed by atoms with van der Waals surface area (Å²) in [6.07, 6.45) is 1.71. The van der Waals surface area contributed by atoms with Gasteiger partial charge in [0, 0.05) is 12.7 Å². The Hall–Kier alpha value is -3.15. The van der Waals surface area contributed by atoms with Gasteiger partial charge in [-0.05, 0) is 36.8 Å². The Labute approximate surface area is 145 Å². The minimum Gasteiger partial charge on any atom is -0.487 e. The number of pyridine rings is 1. The van der Waals surface area contributed by atoms with Gasteiger partial charge in [0.2, 0.25) is 0 Å². The number of anilines is 1. The number of aryl methyl sites for hydroxylation is 1. The molecule has 1 aliphatic rings. The summed E-state index contributed by atoms with van der Waals surface area (Å²) >= 11 is 0. The molecule has 0 saturated carbocycles. The van der Waals surface area contributed by atoms with Crippen molar-refractivity contribution in [3.8, 4) is 5.75 Å². The van der Waals surface area contributed by atoms with Gasteiger partial charge in [0.25, 0.3) is 5.91 Å². The van der Waals surface area contributed by atoms with E-state index in [0.29, 0.717) is 31.2 Å². The van der Waals surface area contributed by atoms with Crippen molar-refractivity contribution in [1.82, 2.24) is 14.8 Å². The summed E-state index contributed by atoms with van der Waals surface area (Å²) < 4.78 is 7.47. The van der Waals surface area contributed by atoms with Crippen molar-refractivity contribution >= 4 is 11.7 Å². The summed E-state index contributed by atoms with van der Waals surface area (Å²) in [6.45, 7) is 3.49. The number of ether oxygens (including phenoxy) is 1. The Morgan fingerprint density at radius 2 is 1.96 bits per heavy atom. The van der Waals surface area contributed by atoms with Crippen LogP contribution >= 0.6 is 0 Å². The van der Waals surface area contributed by atoms with E-state index in [4.69, 9.17) is 4.74 Å². The summed E-state index contributed by atoms with van der Waals surface area (Å²) in [5.41, 5.74) is 2.30. The third-order valence-electron chi connectivity index (χ3n) is 4.20. The van der Waals surface area contributed by atoms with Crippen molar-refractivity contribution in [2.45, 2.75) is 20.1 Å². The number of para-hydroxylation sites is 1. The third-order valence-corrected chi connectivity index (χ3v) is 4.20. The lowest BCUT2D eigenvalue weighted by Gasteiger charge is -2.27. The topological polar surface area (TPSA) is 60.3 Å². The number of fused-ring (bicyclic) bond motifs is 1. The van der Waals surface area contributed by atoms with Crippen molar-refractivity contribution in [3.05, 3.63) is 71.7 Å². The minimum atomic E-state index is -0.0773. The Bertz CT molecular complexity index is 905. The maximum absolute atomic E-state index is 12.8. The third kappa shape index (κ3) is 2.98. The molecule has 0 N–H and O–H groups in total. The van der Waals surface area contributed by atoms with E-state index < -0.39 is 0 Å². The highest BCUT2D eigenvalue weighted by Crippen LogP contribution is 2.23. The molecule has 3 aromatic rings. The van der Waals surface area contributed by atoms with Crippen molar-refractivity contribution in [2.75, 3.05) is 11.4 Å². The first-order valence-electron chi connectivity index (χ1n) is 8.20. The maximum Gasteiger partial charge on any atom is 0.277 e. The number of amides is 1. The van der Waals surface area contributed by atoms with E-state index in [1.807, 2.05) is 49.4 Å². The highest BCUT2D eigenvalue weighted by atomic mass is 16.5. The van der Waals surface area contributed by atoms with Crippen LogP contribution in [0.2, 0.25) is 0 Å². The van der Waals surface area contributed by atoms with Gasteiger partial charge in [-0.25, -0.2) is 4.98 Å². The lowest BCUT2D eigenvalue weighted by atomic mass is 10.2. The molecule has 0 aliphatic carbocycles. The zero-order chi connectivity index (χ0) is 17.2. The van der Waals surface area contributed by atoms with E-state index >= 15 is 0 Å². The average Bonchev–Trinajstić information content (AvgIpc) is 3.06. The molecule has 0 saturated heterocycles. The molecular formula is C19H18N4O2. The second-order valence-corrected chi connectivity index (χ2v) is 5.95. The van der Waals surface area contributed by atoms with Gasteiger partial charge < -0.3 is 4.74 Å². The number of nitrogens with zero attached hydrogens (tertiary/aromatic N) is 4. The monoisotopic (exact) mass is 334 g/mol. The highest BCUT2D eigenvalue weighted by Gasteiger charge is 2.29. The molecule has 6 nitrogen and oxygen atoms in total. The van der Waals surface area contributed by atoms with Crippen LogP contribution in [0.3, 0.4) is 0 Å². The molecule has 2 aromatic heterocycles. The fraction of sp³-hybridized carbons (Fsp3) is 0.211. The Balaban J connectivity index is 1.54. The first-order valence-corrected chi connectivity index (χ1v) is 8.20. The van der Waals surface area contributed by atoms with Crippen molar-refractivity contribution in [1.29, 1.82) is 0 Å². The van der Waals surface area contributed by atoms with Crippen LogP contribution in [-0.2, 0) is 13.2 Å². The molecule has 126 valence electrons. The second-order valence-electron chi connectivity index (χ2n) is 5.95. The van der Waals surface area contributed by atoms with E-state index in [9.17, 15) is 4.79 Å². The second kappa shape index (κ2) is 6.39. The van der Waals surface area contributed by atoms with E-state index in [1.165, 1.54) is 0 Å². The Morgan fingerprint density at radius 1 is 1.12 bits per heavy atom. The molecule has 3 heterocycles. The van der Waals surface area contributed by atoms with Gasteiger partial charge in [-0.1, -0.05) is 24.3 Å². The number of aromatic nitrogens is 3. The minimum absolute atomic E-state index is 0.0773. The van der Waals surface area contributed by atoms with Gasteiger partial charge in [-0.3, -0.25) is 14.4 Å². The highest BCUT2D eigenvalue weighted by molar-refractivity contribution is 6.05. The van der Waals surface area contributed by atoms with Gasteiger partial charge in [0.1, 0.15) is 29.6 Å². The van der Waals surface area contributed by atoms with Crippen LogP contribution in [-0.4, -0.2) is 27.2 Å². The zero-order valence-electron chi connectivity index (χ0n) is 13.9. The molecule has 25 heavy (non-hydrogen) atoms. The average molecular weight is 334 g/mol. The molecule has 1 amide bonds. The van der Waals surface area contributed by atoms with Crippen molar-refractivity contribution < 1.29 is 9.53 Å². The predicted octanol–water partition coefficient (Wildman–Crippen LogP) is 2.83. The smallest absolute Gasteiger partial charge is 0.277 e. The lowest BCUT2D eigenvalue weighted by Crippen LogP contribution is -2.41. The molecule has 0 radical (unpaired) electrons. The van der Waals surface area contributed by atoms with Gasteiger partial charge >= 0.3 is 0 Å². The molecule has 1 aliphatic heterocycles. The summed E-state index contributed by atoms with van der Waals surface area (Å²) in [7, 11) is 0. The van der Waals surface area contributed by atoms with E-state index in [2.05, 4.69) is 10.1 Å². The zero-order valence-corrected chi connectivity index (χ0v) is 13.9. The molecular weight excluding hydrogens is 316 g/mol. The first kappa shape index (κ1) is 15.4. The fourth-order valence-corrected chi connectivity index (χ4v) is 2.95. The molecule has 0 atom stereocenters. The van der Waals surface area contributed by atoms with Gasteiger partial charge in [-0.2, -0.15) is 5.10 Å². The fourth-order valence-electron chi connectivity index (χ4n) is 2.95. The van der Waals surface area contributed by atoms with Crippen LogP contribution in [0.25, 0.3) is 0 Å². The number of benzene rings is 1. The molecule has 4 rings (SSSR count). The summed E-state index contributed by atoms with van der Waals surface area (Å²) in [5.74, 6) is 1.42. The molecule has 0 fully saturated rings. The van der Waals surface area contributed by atoms with Crippen LogP contribution in [0.15, 0.2) is 54.7 Å². The number of carbonyl (C=O) groups excluding carboxylic acids is 1. The number of rotatable bonds is 4. The number of hydrogen-bond acceptors (Lipinski definition) is 4. The van der Waals surface area contributed by atoms with Gasteiger partial charge in [-0.15, -0.1) is 0 Å². The summed E-state index contributed by atoms with van der Waals surface area (Å²) in [4.78, 5) is 18.9. The van der Waals surface area contributed by atoms with Gasteiger partial charge in [0.15, 0.2) is 0 Å². The predicted molar refractivity (Wildman–Crippen MR) is 93.7 cm³/mol. The normalized spacial score (nSPS) is 13.6. The molecule has 1 aromatic carbocycles. The summed E-state index contributed by atoms with van der Waals surface area (Å²) in [5, 5.41) is 4.49. The molecule has 0 spiro atoms. The number of hydrogen-bond donors (Lipinski definition) is 0. The number of carbonyl (C=O) groups is 1. The maximum atomic E-state index is 12.8.